The van der Waals surface area contributed by atoms with Gasteiger partial charge in [0.2, 0.25) is 0 Å². The molecule has 1 aromatic heterocycles. The van der Waals surface area contributed by atoms with E-state index in [0.717, 1.165) is 27.7 Å². The van der Waals surface area contributed by atoms with Gasteiger partial charge in [-0.25, -0.2) is 9.97 Å². The highest BCUT2D eigenvalue weighted by molar-refractivity contribution is 5.95. The van der Waals surface area contributed by atoms with Crippen LogP contribution in [-0.2, 0) is 0 Å². The molecule has 0 bridgehead atoms. The highest BCUT2D eigenvalue weighted by atomic mass is 16.5. The number of methoxy groups -OCH3 is 2. The minimum atomic E-state index is 0.634. The van der Waals surface area contributed by atoms with Crippen LogP contribution in [0.25, 0.3) is 22.2 Å². The third kappa shape index (κ3) is 2.69. The number of ether oxygens (including phenoxy) is 2. The van der Waals surface area contributed by atoms with E-state index >= 15 is 0 Å². The number of aromatic nitrogens is 2. The molecular weight excluding hydrogens is 288 g/mol. The summed E-state index contributed by atoms with van der Waals surface area (Å²) < 4.78 is 10.7. The van der Waals surface area contributed by atoms with Crippen molar-refractivity contribution in [2.24, 2.45) is 0 Å². The van der Waals surface area contributed by atoms with Gasteiger partial charge in [-0.3, -0.25) is 0 Å². The van der Waals surface area contributed by atoms with Crippen LogP contribution in [0.3, 0.4) is 0 Å². The van der Waals surface area contributed by atoms with E-state index in [1.807, 2.05) is 37.3 Å². The van der Waals surface area contributed by atoms with Crippen LogP contribution in [0.1, 0.15) is 12.5 Å². The molecule has 0 aliphatic rings. The highest BCUT2D eigenvalue weighted by Gasteiger charge is 2.13. The first kappa shape index (κ1) is 14.9. The zero-order valence-corrected chi connectivity index (χ0v) is 13.2. The van der Waals surface area contributed by atoms with Crippen LogP contribution in [0.5, 0.6) is 11.5 Å². The van der Waals surface area contributed by atoms with E-state index in [-0.39, 0.29) is 0 Å². The summed E-state index contributed by atoms with van der Waals surface area (Å²) in [5.41, 5.74) is 3.28. The maximum absolute atomic E-state index is 5.39. The summed E-state index contributed by atoms with van der Waals surface area (Å²) in [6, 6.07) is 12.7. The molecule has 4 nitrogen and oxygen atoms in total. The van der Waals surface area contributed by atoms with Crippen molar-refractivity contribution < 1.29 is 9.47 Å². The number of hydrogen-bond donors (Lipinski definition) is 0. The molecule has 0 fully saturated rings. The van der Waals surface area contributed by atoms with Crippen LogP contribution in [-0.4, -0.2) is 24.2 Å². The predicted molar refractivity (Wildman–Crippen MR) is 89.5 cm³/mol. The van der Waals surface area contributed by atoms with Crippen LogP contribution in [0, 0.1) is 17.9 Å². The molecule has 0 saturated carbocycles. The van der Waals surface area contributed by atoms with Crippen molar-refractivity contribution in [3.63, 3.8) is 0 Å². The van der Waals surface area contributed by atoms with Crippen molar-refractivity contribution in [2.75, 3.05) is 14.2 Å². The lowest BCUT2D eigenvalue weighted by Gasteiger charge is -2.11. The monoisotopic (exact) mass is 303 g/mol. The molecule has 1 heterocycles. The third-order valence-corrected chi connectivity index (χ3v) is 3.49. The molecule has 0 amide bonds. The molecule has 113 valence electrons. The van der Waals surface area contributed by atoms with Gasteiger partial charge in [0.05, 0.1) is 25.4 Å². The second-order valence-electron chi connectivity index (χ2n) is 4.78. The number of nitrogens with zero attached hydrogens (tertiary/aromatic N) is 2. The zero-order chi connectivity index (χ0) is 16.2. The molecule has 0 aliphatic heterocycles. The molecule has 1 radical (unpaired) electrons. The fourth-order valence-electron chi connectivity index (χ4n) is 2.45. The third-order valence-electron chi connectivity index (χ3n) is 3.49. The van der Waals surface area contributed by atoms with Gasteiger partial charge in [-0.05, 0) is 25.1 Å². The molecule has 0 aliphatic carbocycles. The molecule has 0 saturated heterocycles. The Balaban J connectivity index is 2.32. The van der Waals surface area contributed by atoms with Gasteiger partial charge >= 0.3 is 0 Å². The van der Waals surface area contributed by atoms with Crippen LogP contribution < -0.4 is 9.47 Å². The molecule has 3 rings (SSSR count). The number of fused-ring (bicyclic) bond motifs is 1. The topological polar surface area (TPSA) is 44.2 Å². The Kier molecular flexibility index (Phi) is 4.11. The average molecular weight is 303 g/mol. The lowest BCUT2D eigenvalue weighted by atomic mass is 10.0. The first-order chi connectivity index (χ1) is 11.3. The predicted octanol–water partition coefficient (Wildman–Crippen LogP) is 3.49. The van der Waals surface area contributed by atoms with E-state index in [0.29, 0.717) is 11.5 Å². The number of hydrogen-bond acceptors (Lipinski definition) is 4. The number of rotatable bonds is 3. The van der Waals surface area contributed by atoms with Crippen LogP contribution >= 0.6 is 0 Å². The Morgan fingerprint density at radius 1 is 1.09 bits per heavy atom. The molecule has 0 atom stereocenters. The van der Waals surface area contributed by atoms with Gasteiger partial charge in [0.1, 0.15) is 6.33 Å². The largest absolute Gasteiger partial charge is 0.493 e. The van der Waals surface area contributed by atoms with Gasteiger partial charge < -0.3 is 9.47 Å². The smallest absolute Gasteiger partial charge is 0.162 e. The van der Waals surface area contributed by atoms with Gasteiger partial charge in [-0.15, -0.1) is 5.92 Å². The van der Waals surface area contributed by atoms with Crippen molar-refractivity contribution in [3.8, 4) is 34.6 Å². The molecule has 2 aromatic carbocycles. The lowest BCUT2D eigenvalue weighted by Crippen LogP contribution is -1.95. The second kappa shape index (κ2) is 6.37. The van der Waals surface area contributed by atoms with E-state index in [2.05, 4.69) is 27.9 Å². The second-order valence-corrected chi connectivity index (χ2v) is 4.78. The van der Waals surface area contributed by atoms with Crippen molar-refractivity contribution in [3.05, 3.63) is 48.3 Å². The van der Waals surface area contributed by atoms with E-state index in [1.165, 1.54) is 6.33 Å². The molecule has 4 heteroatoms. The van der Waals surface area contributed by atoms with Crippen molar-refractivity contribution in [1.82, 2.24) is 9.97 Å². The van der Waals surface area contributed by atoms with E-state index in [9.17, 15) is 0 Å². The standard InChI is InChI=1S/C19H15N2O2/c1-4-7-13-8-5-6-9-14(13)19-15-10-17(22-2)18(23-3)11-16(15)20-12-21-19/h5-6,8,10-12H,1-3H3. The summed E-state index contributed by atoms with van der Waals surface area (Å²) in [6.45, 7) is 1.81. The van der Waals surface area contributed by atoms with Crippen molar-refractivity contribution in [1.29, 1.82) is 0 Å². The van der Waals surface area contributed by atoms with E-state index in [1.54, 1.807) is 14.2 Å². The van der Waals surface area contributed by atoms with Gasteiger partial charge in [0, 0.05) is 22.6 Å². The Labute approximate surface area is 135 Å². The van der Waals surface area contributed by atoms with Gasteiger partial charge in [-0.1, -0.05) is 18.1 Å². The van der Waals surface area contributed by atoms with Gasteiger partial charge in [0.25, 0.3) is 0 Å². The van der Waals surface area contributed by atoms with Crippen LogP contribution in [0.2, 0.25) is 0 Å². The average Bonchev–Trinajstić information content (AvgIpc) is 2.60. The summed E-state index contributed by atoms with van der Waals surface area (Å²) in [6.07, 6.45) is 1.54. The Bertz CT molecular complexity index is 924. The summed E-state index contributed by atoms with van der Waals surface area (Å²) in [5.74, 6) is 7.29. The normalized spacial score (nSPS) is 10.0. The van der Waals surface area contributed by atoms with Crippen LogP contribution in [0.15, 0.2) is 36.7 Å². The van der Waals surface area contributed by atoms with Crippen molar-refractivity contribution in [2.45, 2.75) is 6.92 Å². The molecule has 23 heavy (non-hydrogen) atoms. The molecule has 3 aromatic rings. The quantitative estimate of drug-likeness (QED) is 0.695. The van der Waals surface area contributed by atoms with Crippen molar-refractivity contribution >= 4 is 10.9 Å². The summed E-state index contributed by atoms with van der Waals surface area (Å²) in [5, 5.41) is 0.867. The minimum absolute atomic E-state index is 0.634. The Morgan fingerprint density at radius 3 is 2.61 bits per heavy atom. The SMILES string of the molecule is CC#Cc1ccc[c]c1-c1ncnc2cc(OC)c(OC)cc12. The Morgan fingerprint density at radius 2 is 1.87 bits per heavy atom. The van der Waals surface area contributed by atoms with Gasteiger partial charge in [-0.2, -0.15) is 0 Å². The van der Waals surface area contributed by atoms with Crippen LogP contribution in [0.4, 0.5) is 0 Å². The molecular formula is C19H15N2O2. The zero-order valence-electron chi connectivity index (χ0n) is 13.2. The summed E-state index contributed by atoms with van der Waals surface area (Å²) >= 11 is 0. The lowest BCUT2D eigenvalue weighted by molar-refractivity contribution is 0.356. The summed E-state index contributed by atoms with van der Waals surface area (Å²) in [4.78, 5) is 8.77. The van der Waals surface area contributed by atoms with E-state index < -0.39 is 0 Å². The maximum Gasteiger partial charge on any atom is 0.162 e. The first-order valence-electron chi connectivity index (χ1n) is 7.09. The summed E-state index contributed by atoms with van der Waals surface area (Å²) in [7, 11) is 3.21. The number of benzene rings is 2. The fraction of sp³-hybridized carbons (Fsp3) is 0.158. The highest BCUT2D eigenvalue weighted by Crippen LogP contribution is 2.35. The molecule has 0 spiro atoms. The van der Waals surface area contributed by atoms with E-state index in [4.69, 9.17) is 9.47 Å². The minimum Gasteiger partial charge on any atom is -0.493 e. The molecule has 0 unspecified atom stereocenters. The first-order valence-corrected chi connectivity index (χ1v) is 7.09. The maximum atomic E-state index is 5.39. The van der Waals surface area contributed by atoms with Gasteiger partial charge in [0.15, 0.2) is 11.5 Å². The fourth-order valence-corrected chi connectivity index (χ4v) is 2.45. The molecule has 0 N–H and O–H groups in total. The Hall–Kier alpha value is -3.06.